The molecule has 6 N–H and O–H groups in total. The molecule has 1 heterocycles. The molecule has 9 nitrogen and oxygen atoms in total. The number of carbonyl (C=O) groups excluding carboxylic acids is 1. The number of rotatable bonds is 6. The van der Waals surface area contributed by atoms with Gasteiger partial charge in [-0.1, -0.05) is 6.92 Å². The van der Waals surface area contributed by atoms with Crippen molar-refractivity contribution in [2.24, 2.45) is 5.92 Å². The van der Waals surface area contributed by atoms with Crippen LogP contribution in [0.3, 0.4) is 0 Å². The molecule has 0 aromatic carbocycles. The first-order valence-corrected chi connectivity index (χ1v) is 7.12. The fourth-order valence-corrected chi connectivity index (χ4v) is 2.75. The Hall–Kier alpha value is -1.33. The molecule has 1 rings (SSSR count). The Morgan fingerprint density at radius 3 is 2.35 bits per heavy atom. The maximum atomic E-state index is 14.7. The van der Waals surface area contributed by atoms with E-state index < -0.39 is 60.7 Å². The lowest BCUT2D eigenvalue weighted by Gasteiger charge is -2.47. The smallest absolute Gasteiger partial charge is 0.370 e. The summed E-state index contributed by atoms with van der Waals surface area (Å²) >= 11 is 0. The summed E-state index contributed by atoms with van der Waals surface area (Å²) in [6.45, 7) is 1.63. The Morgan fingerprint density at radius 2 is 1.96 bits per heavy atom. The van der Waals surface area contributed by atoms with Crippen LogP contribution in [-0.4, -0.2) is 80.3 Å². The van der Waals surface area contributed by atoms with Crippen LogP contribution in [0.2, 0.25) is 0 Å². The van der Waals surface area contributed by atoms with E-state index in [1.165, 1.54) is 6.92 Å². The topological polar surface area (TPSA) is 157 Å². The highest BCUT2D eigenvalue weighted by atomic mass is 19.2. The summed E-state index contributed by atoms with van der Waals surface area (Å²) in [5, 5.41) is 50.0. The Bertz CT molecular complexity index is 450. The maximum Gasteiger partial charge on any atom is 0.370 e. The van der Waals surface area contributed by atoms with Crippen molar-refractivity contribution in [1.82, 2.24) is 5.32 Å². The molecule has 1 saturated heterocycles. The molecule has 134 valence electrons. The van der Waals surface area contributed by atoms with Gasteiger partial charge in [-0.15, -0.1) is 0 Å². The SMILES string of the molecule is CCC1C(O)C(NC(C)=O)C([C@H](O)[C@H](O)CO)OC1(F)C(=O)O. The molecule has 1 aliphatic rings. The van der Waals surface area contributed by atoms with Crippen LogP contribution in [0.25, 0.3) is 0 Å². The van der Waals surface area contributed by atoms with Crippen LogP contribution in [0, 0.1) is 5.92 Å². The normalized spacial score (nSPS) is 37.0. The lowest BCUT2D eigenvalue weighted by molar-refractivity contribution is -0.292. The van der Waals surface area contributed by atoms with Crippen LogP contribution in [0.1, 0.15) is 20.3 Å². The van der Waals surface area contributed by atoms with Crippen LogP contribution >= 0.6 is 0 Å². The average Bonchev–Trinajstić information content (AvgIpc) is 2.48. The van der Waals surface area contributed by atoms with Gasteiger partial charge in [0.25, 0.3) is 0 Å². The van der Waals surface area contributed by atoms with Crippen molar-refractivity contribution in [2.75, 3.05) is 6.61 Å². The van der Waals surface area contributed by atoms with E-state index in [-0.39, 0.29) is 6.42 Å². The highest BCUT2D eigenvalue weighted by Gasteiger charge is 2.61. The van der Waals surface area contributed by atoms with E-state index in [1.54, 1.807) is 0 Å². The third-order valence-electron chi connectivity index (χ3n) is 3.94. The molecule has 0 aromatic rings. The number of aliphatic hydroxyl groups excluding tert-OH is 4. The van der Waals surface area contributed by atoms with Gasteiger partial charge in [0.15, 0.2) is 0 Å². The molecule has 0 radical (unpaired) electrons. The fraction of sp³-hybridized carbons (Fsp3) is 0.846. The maximum absolute atomic E-state index is 14.7. The second-order valence-corrected chi connectivity index (χ2v) is 5.50. The van der Waals surface area contributed by atoms with Gasteiger partial charge in [0.1, 0.15) is 18.3 Å². The predicted octanol–water partition coefficient (Wildman–Crippen LogP) is -2.26. The molecule has 5 unspecified atom stereocenters. The summed E-state index contributed by atoms with van der Waals surface area (Å²) in [7, 11) is 0. The number of carbonyl (C=O) groups is 2. The van der Waals surface area contributed by atoms with Gasteiger partial charge in [0.2, 0.25) is 5.91 Å². The number of alkyl halides is 1. The molecular formula is C13H22FNO8. The van der Waals surface area contributed by atoms with Crippen LogP contribution in [-0.2, 0) is 14.3 Å². The minimum atomic E-state index is -3.32. The van der Waals surface area contributed by atoms with E-state index in [4.69, 9.17) is 14.9 Å². The number of hydrogen-bond donors (Lipinski definition) is 6. The van der Waals surface area contributed by atoms with E-state index in [2.05, 4.69) is 5.32 Å². The molecular weight excluding hydrogens is 317 g/mol. The fourth-order valence-electron chi connectivity index (χ4n) is 2.75. The summed E-state index contributed by atoms with van der Waals surface area (Å²) < 4.78 is 19.6. The van der Waals surface area contributed by atoms with Crippen molar-refractivity contribution in [1.29, 1.82) is 0 Å². The standard InChI is InChI=1S/C13H22FNO8/c1-3-6-9(19)8(15-5(2)17)11(10(20)7(18)4-16)23-13(6,14)12(21)22/h6-11,16,18-20H,3-4H2,1-2H3,(H,15,17)(H,21,22)/t6?,7-,8?,9?,10-,11?,13?/m1/s1. The summed E-state index contributed by atoms with van der Waals surface area (Å²) in [5.41, 5.74) is 0. The number of amides is 1. The van der Waals surface area contributed by atoms with E-state index in [9.17, 15) is 29.3 Å². The quantitative estimate of drug-likeness (QED) is 0.317. The molecule has 0 aromatic heterocycles. The number of hydrogen-bond acceptors (Lipinski definition) is 7. The van der Waals surface area contributed by atoms with Crippen molar-refractivity contribution in [2.45, 2.75) is 56.6 Å². The molecule has 0 saturated carbocycles. The van der Waals surface area contributed by atoms with E-state index in [0.717, 1.165) is 6.92 Å². The molecule has 1 aliphatic heterocycles. The van der Waals surface area contributed by atoms with Crippen LogP contribution < -0.4 is 5.32 Å². The zero-order valence-electron chi connectivity index (χ0n) is 12.7. The van der Waals surface area contributed by atoms with Gasteiger partial charge in [0.05, 0.1) is 24.7 Å². The first-order valence-electron chi connectivity index (χ1n) is 7.12. The largest absolute Gasteiger partial charge is 0.477 e. The van der Waals surface area contributed by atoms with Crippen molar-refractivity contribution >= 4 is 11.9 Å². The van der Waals surface area contributed by atoms with Gasteiger partial charge in [-0.2, -0.15) is 4.39 Å². The zero-order chi connectivity index (χ0) is 17.9. The third kappa shape index (κ3) is 3.78. The molecule has 0 aliphatic carbocycles. The number of ether oxygens (including phenoxy) is 1. The number of carboxylic acid groups (broad SMARTS) is 1. The highest BCUT2D eigenvalue weighted by Crippen LogP contribution is 2.39. The van der Waals surface area contributed by atoms with Crippen molar-refractivity contribution < 1.29 is 44.2 Å². The van der Waals surface area contributed by atoms with Gasteiger partial charge in [-0.25, -0.2) is 4.79 Å². The third-order valence-corrected chi connectivity index (χ3v) is 3.94. The lowest BCUT2D eigenvalue weighted by Crippen LogP contribution is -2.69. The monoisotopic (exact) mass is 339 g/mol. The number of nitrogens with one attached hydrogen (secondary N) is 1. The molecule has 23 heavy (non-hydrogen) atoms. The number of aliphatic carboxylic acids is 1. The van der Waals surface area contributed by atoms with Gasteiger partial charge in [-0.05, 0) is 6.42 Å². The van der Waals surface area contributed by atoms with E-state index >= 15 is 0 Å². The van der Waals surface area contributed by atoms with Gasteiger partial charge < -0.3 is 35.6 Å². The average molecular weight is 339 g/mol. The van der Waals surface area contributed by atoms with E-state index in [1.807, 2.05) is 0 Å². The second kappa shape index (κ2) is 7.49. The molecule has 1 amide bonds. The Labute approximate surface area is 131 Å². The van der Waals surface area contributed by atoms with E-state index in [0.29, 0.717) is 0 Å². The molecule has 0 spiro atoms. The minimum Gasteiger partial charge on any atom is -0.477 e. The highest BCUT2D eigenvalue weighted by molar-refractivity contribution is 5.77. The van der Waals surface area contributed by atoms with Gasteiger partial charge in [0, 0.05) is 6.92 Å². The van der Waals surface area contributed by atoms with Crippen molar-refractivity contribution in [3.8, 4) is 0 Å². The Balaban J connectivity index is 3.26. The van der Waals surface area contributed by atoms with Crippen molar-refractivity contribution in [3.05, 3.63) is 0 Å². The summed E-state index contributed by atoms with van der Waals surface area (Å²) in [6.07, 6.45) is -7.30. The lowest BCUT2D eigenvalue weighted by atomic mass is 9.80. The van der Waals surface area contributed by atoms with Gasteiger partial charge in [-0.3, -0.25) is 4.79 Å². The number of aliphatic hydroxyl groups is 4. The number of halogens is 1. The molecule has 10 heteroatoms. The minimum absolute atomic E-state index is 0.120. The summed E-state index contributed by atoms with van der Waals surface area (Å²) in [4.78, 5) is 22.5. The van der Waals surface area contributed by atoms with Crippen LogP contribution in [0.15, 0.2) is 0 Å². The first kappa shape index (κ1) is 19.7. The summed E-state index contributed by atoms with van der Waals surface area (Å²) in [6, 6.07) is -1.36. The second-order valence-electron chi connectivity index (χ2n) is 5.50. The molecule has 7 atom stereocenters. The summed E-state index contributed by atoms with van der Waals surface area (Å²) in [5.74, 6) is -7.46. The van der Waals surface area contributed by atoms with Crippen LogP contribution in [0.4, 0.5) is 4.39 Å². The molecule has 0 bridgehead atoms. The first-order chi connectivity index (χ1) is 10.6. The van der Waals surface area contributed by atoms with Crippen molar-refractivity contribution in [3.63, 3.8) is 0 Å². The zero-order valence-corrected chi connectivity index (χ0v) is 12.7. The Kier molecular flexibility index (Phi) is 6.42. The molecule has 1 fully saturated rings. The van der Waals surface area contributed by atoms with Crippen LogP contribution in [0.5, 0.6) is 0 Å². The predicted molar refractivity (Wildman–Crippen MR) is 72.8 cm³/mol. The van der Waals surface area contributed by atoms with Gasteiger partial charge >= 0.3 is 11.8 Å². The number of carboxylic acids is 1. The Morgan fingerprint density at radius 1 is 1.39 bits per heavy atom.